The van der Waals surface area contributed by atoms with Crippen molar-refractivity contribution in [2.24, 2.45) is 20.0 Å². The van der Waals surface area contributed by atoms with Gasteiger partial charge in [-0.2, -0.15) is 9.40 Å². The number of aromatic nitrogens is 4. The summed E-state index contributed by atoms with van der Waals surface area (Å²) in [5.74, 6) is 0.399. The number of rotatable bonds is 5. The largest absolute Gasteiger partial charge is 0.329 e. The highest BCUT2D eigenvalue weighted by Crippen LogP contribution is 2.30. The van der Waals surface area contributed by atoms with Crippen molar-refractivity contribution >= 4 is 32.7 Å². The minimum absolute atomic E-state index is 0.112. The van der Waals surface area contributed by atoms with Crippen LogP contribution in [0.5, 0.6) is 0 Å². The second-order valence-corrected chi connectivity index (χ2v) is 9.97. The lowest BCUT2D eigenvalue weighted by Crippen LogP contribution is -2.45. The number of sulfonamides is 1. The standard InChI is InChI=1S/C18H22FN5O2S2/c1-22-8-6-20-18(22)27-12-13-5-7-24(11-16(13)19)28(25,26)15-3-4-17-14(9-15)10-21-23(17)2/h3-4,6,8-10,13,16H,5,7,11-12H2,1-2H3/t13-,16+/m0/s1. The number of halogens is 1. The first-order chi connectivity index (χ1) is 13.4. The van der Waals surface area contributed by atoms with E-state index in [0.29, 0.717) is 18.7 Å². The predicted molar refractivity (Wildman–Crippen MR) is 106 cm³/mol. The average Bonchev–Trinajstić information content (AvgIpc) is 3.26. The topological polar surface area (TPSA) is 73.0 Å². The molecule has 0 amide bonds. The van der Waals surface area contributed by atoms with Crippen molar-refractivity contribution < 1.29 is 12.8 Å². The molecule has 0 spiro atoms. The van der Waals surface area contributed by atoms with Crippen molar-refractivity contribution in [3.63, 3.8) is 0 Å². The summed E-state index contributed by atoms with van der Waals surface area (Å²) in [6.07, 6.45) is 4.49. The third-order valence-electron chi connectivity index (χ3n) is 5.20. The van der Waals surface area contributed by atoms with Crippen molar-refractivity contribution in [1.29, 1.82) is 0 Å². The molecule has 0 radical (unpaired) electrons. The highest BCUT2D eigenvalue weighted by atomic mass is 32.2. The number of alkyl halides is 1. The molecule has 4 rings (SSSR count). The third-order valence-corrected chi connectivity index (χ3v) is 8.31. The summed E-state index contributed by atoms with van der Waals surface area (Å²) in [4.78, 5) is 4.42. The van der Waals surface area contributed by atoms with E-state index in [2.05, 4.69) is 10.1 Å². The summed E-state index contributed by atoms with van der Waals surface area (Å²) >= 11 is 1.51. The Morgan fingerprint density at radius 3 is 2.86 bits per heavy atom. The van der Waals surface area contributed by atoms with Gasteiger partial charge in [-0.3, -0.25) is 4.68 Å². The summed E-state index contributed by atoms with van der Waals surface area (Å²) in [5, 5.41) is 5.73. The summed E-state index contributed by atoms with van der Waals surface area (Å²) in [6.45, 7) is 0.207. The molecule has 3 aromatic rings. The van der Waals surface area contributed by atoms with Gasteiger partial charge in [-0.1, -0.05) is 11.8 Å². The summed E-state index contributed by atoms with van der Waals surface area (Å²) in [7, 11) is -0.0296. The summed E-state index contributed by atoms with van der Waals surface area (Å²) in [5.41, 5.74) is 0.854. The normalized spacial score (nSPS) is 21.4. The van der Waals surface area contributed by atoms with E-state index in [4.69, 9.17) is 0 Å². The number of nitrogens with zero attached hydrogens (tertiary/aromatic N) is 5. The van der Waals surface area contributed by atoms with Crippen LogP contribution < -0.4 is 0 Å². The first kappa shape index (κ1) is 19.4. The van der Waals surface area contributed by atoms with Crippen LogP contribution in [0.1, 0.15) is 6.42 Å². The van der Waals surface area contributed by atoms with Gasteiger partial charge in [0.15, 0.2) is 5.16 Å². The quantitative estimate of drug-likeness (QED) is 0.590. The van der Waals surface area contributed by atoms with Crippen molar-refractivity contribution in [3.8, 4) is 0 Å². The van der Waals surface area contributed by atoms with Gasteiger partial charge in [-0.05, 0) is 24.6 Å². The fraction of sp³-hybridized carbons (Fsp3) is 0.444. The zero-order valence-electron chi connectivity index (χ0n) is 15.7. The van der Waals surface area contributed by atoms with E-state index in [1.807, 2.05) is 17.8 Å². The Morgan fingerprint density at radius 1 is 1.32 bits per heavy atom. The molecule has 0 unspecified atom stereocenters. The van der Waals surface area contributed by atoms with Crippen LogP contribution in [0.4, 0.5) is 4.39 Å². The molecule has 0 aliphatic carbocycles. The highest BCUT2D eigenvalue weighted by Gasteiger charge is 2.36. The fourth-order valence-corrected chi connectivity index (χ4v) is 6.09. The molecule has 0 bridgehead atoms. The van der Waals surface area contributed by atoms with Crippen LogP contribution in [0, 0.1) is 5.92 Å². The van der Waals surface area contributed by atoms with E-state index < -0.39 is 16.2 Å². The minimum atomic E-state index is -3.73. The van der Waals surface area contributed by atoms with Crippen molar-refractivity contribution in [3.05, 3.63) is 36.8 Å². The van der Waals surface area contributed by atoms with Crippen LogP contribution in [0.3, 0.4) is 0 Å². The lowest BCUT2D eigenvalue weighted by Gasteiger charge is -2.33. The van der Waals surface area contributed by atoms with Gasteiger partial charge in [0.25, 0.3) is 0 Å². The Balaban J connectivity index is 1.45. The van der Waals surface area contributed by atoms with E-state index in [1.165, 1.54) is 16.1 Å². The maximum absolute atomic E-state index is 14.8. The molecular formula is C18H22FN5O2S2. The maximum atomic E-state index is 14.8. The van der Waals surface area contributed by atoms with Gasteiger partial charge >= 0.3 is 0 Å². The third kappa shape index (κ3) is 3.56. The van der Waals surface area contributed by atoms with Crippen LogP contribution in [-0.2, 0) is 24.1 Å². The zero-order chi connectivity index (χ0) is 19.9. The van der Waals surface area contributed by atoms with Gasteiger partial charge in [-0.15, -0.1) is 0 Å². The van der Waals surface area contributed by atoms with E-state index in [-0.39, 0.29) is 17.4 Å². The van der Waals surface area contributed by atoms with Crippen LogP contribution in [0.2, 0.25) is 0 Å². The van der Waals surface area contributed by atoms with Crippen LogP contribution in [0.15, 0.2) is 46.8 Å². The molecule has 1 aliphatic heterocycles. The first-order valence-corrected chi connectivity index (χ1v) is 11.4. The second kappa shape index (κ2) is 7.49. The second-order valence-electron chi connectivity index (χ2n) is 7.05. The minimum Gasteiger partial charge on any atom is -0.329 e. The number of aryl methyl sites for hydroxylation is 2. The molecule has 150 valence electrons. The SMILES string of the molecule is Cn1ccnc1SC[C@@H]1CCN(S(=O)(=O)c2ccc3c(cnn3C)c2)C[C@H]1F. The van der Waals surface area contributed by atoms with Crippen LogP contribution in [0.25, 0.3) is 10.9 Å². The van der Waals surface area contributed by atoms with E-state index >= 15 is 0 Å². The number of benzene rings is 1. The van der Waals surface area contributed by atoms with Gasteiger partial charge in [0, 0.05) is 56.6 Å². The molecule has 28 heavy (non-hydrogen) atoms. The van der Waals surface area contributed by atoms with E-state index in [0.717, 1.165) is 16.1 Å². The number of imidazole rings is 1. The Hall–Kier alpha value is -1.91. The van der Waals surface area contributed by atoms with Gasteiger partial charge in [0.2, 0.25) is 10.0 Å². The number of thioether (sulfide) groups is 1. The van der Waals surface area contributed by atoms with Gasteiger partial charge < -0.3 is 4.57 Å². The molecule has 1 aromatic carbocycles. The predicted octanol–water partition coefficient (Wildman–Crippen LogP) is 2.45. The molecule has 1 aliphatic rings. The van der Waals surface area contributed by atoms with Crippen molar-refractivity contribution in [1.82, 2.24) is 23.6 Å². The monoisotopic (exact) mass is 423 g/mol. The molecule has 7 nitrogen and oxygen atoms in total. The lowest BCUT2D eigenvalue weighted by atomic mass is 9.98. The van der Waals surface area contributed by atoms with Gasteiger partial charge in [0.05, 0.1) is 16.6 Å². The zero-order valence-corrected chi connectivity index (χ0v) is 17.3. The number of hydrogen-bond donors (Lipinski definition) is 0. The van der Waals surface area contributed by atoms with Crippen LogP contribution >= 0.6 is 11.8 Å². The number of piperidine rings is 1. The molecule has 3 heterocycles. The van der Waals surface area contributed by atoms with E-state index in [1.54, 1.807) is 42.3 Å². The van der Waals surface area contributed by atoms with Crippen molar-refractivity contribution in [2.75, 3.05) is 18.8 Å². The van der Waals surface area contributed by atoms with Crippen LogP contribution in [-0.4, -0.2) is 57.1 Å². The first-order valence-electron chi connectivity index (χ1n) is 9.02. The Bertz CT molecular complexity index is 1090. The van der Waals surface area contributed by atoms with E-state index in [9.17, 15) is 12.8 Å². The molecule has 2 atom stereocenters. The maximum Gasteiger partial charge on any atom is 0.243 e. The summed E-state index contributed by atoms with van der Waals surface area (Å²) < 4.78 is 45.6. The molecule has 0 saturated carbocycles. The Morgan fingerprint density at radius 2 is 2.14 bits per heavy atom. The molecule has 0 N–H and O–H groups in total. The number of fused-ring (bicyclic) bond motifs is 1. The molecule has 1 fully saturated rings. The highest BCUT2D eigenvalue weighted by molar-refractivity contribution is 7.99. The molecule has 10 heteroatoms. The molecular weight excluding hydrogens is 401 g/mol. The Labute approximate surface area is 167 Å². The van der Waals surface area contributed by atoms with Crippen molar-refractivity contribution in [2.45, 2.75) is 22.6 Å². The lowest BCUT2D eigenvalue weighted by molar-refractivity contribution is 0.146. The molecule has 1 saturated heterocycles. The summed E-state index contributed by atoms with van der Waals surface area (Å²) in [6, 6.07) is 4.90. The smallest absolute Gasteiger partial charge is 0.243 e. The van der Waals surface area contributed by atoms with Gasteiger partial charge in [0.1, 0.15) is 6.17 Å². The average molecular weight is 424 g/mol. The van der Waals surface area contributed by atoms with Gasteiger partial charge in [-0.25, -0.2) is 17.8 Å². The Kier molecular flexibility index (Phi) is 5.19. The number of hydrogen-bond acceptors (Lipinski definition) is 5. The fourth-order valence-electron chi connectivity index (χ4n) is 3.46. The molecule has 2 aromatic heterocycles.